The summed E-state index contributed by atoms with van der Waals surface area (Å²) < 4.78 is 0.894. The molecule has 2 heterocycles. The minimum Gasteiger partial charge on any atom is -0.337 e. The lowest BCUT2D eigenvalue weighted by molar-refractivity contribution is 0.0772. The van der Waals surface area contributed by atoms with Gasteiger partial charge in [-0.1, -0.05) is 13.8 Å². The molecule has 0 bridgehead atoms. The molecular formula is C12H15BrN2O. The molecule has 0 aliphatic carbocycles. The number of likely N-dealkylation sites (tertiary alicyclic amines) is 1. The van der Waals surface area contributed by atoms with Crippen molar-refractivity contribution in [3.8, 4) is 0 Å². The summed E-state index contributed by atoms with van der Waals surface area (Å²) in [7, 11) is 0. The van der Waals surface area contributed by atoms with Gasteiger partial charge in [0.1, 0.15) is 5.69 Å². The Hall–Kier alpha value is -0.900. The molecule has 1 amide bonds. The van der Waals surface area contributed by atoms with Gasteiger partial charge in [-0.05, 0) is 39.9 Å². The minimum atomic E-state index is 0.0399. The highest BCUT2D eigenvalue weighted by atomic mass is 79.9. The number of hydrogen-bond donors (Lipinski definition) is 0. The van der Waals surface area contributed by atoms with Crippen LogP contribution in [0.15, 0.2) is 22.8 Å². The van der Waals surface area contributed by atoms with Gasteiger partial charge in [0.15, 0.2) is 0 Å². The maximum atomic E-state index is 12.1. The zero-order chi connectivity index (χ0) is 11.8. The van der Waals surface area contributed by atoms with Crippen molar-refractivity contribution < 1.29 is 4.79 Å². The van der Waals surface area contributed by atoms with Crippen LogP contribution in [0, 0.1) is 5.41 Å². The standard InChI is InChI=1S/C12H15BrN2O/c1-12(2)5-6-15(8-12)11(16)10-4-3-9(13)7-14-10/h3-4,7H,5-6,8H2,1-2H3. The molecule has 0 unspecified atom stereocenters. The molecule has 0 saturated carbocycles. The van der Waals surface area contributed by atoms with E-state index in [4.69, 9.17) is 0 Å². The first-order valence-corrected chi connectivity index (χ1v) is 6.18. The molecule has 1 aromatic rings. The number of hydrogen-bond acceptors (Lipinski definition) is 2. The minimum absolute atomic E-state index is 0.0399. The van der Waals surface area contributed by atoms with E-state index in [1.807, 2.05) is 11.0 Å². The molecule has 16 heavy (non-hydrogen) atoms. The Kier molecular flexibility index (Phi) is 3.02. The summed E-state index contributed by atoms with van der Waals surface area (Å²) in [4.78, 5) is 18.1. The topological polar surface area (TPSA) is 33.2 Å². The van der Waals surface area contributed by atoms with Crippen LogP contribution in [0.1, 0.15) is 30.8 Å². The summed E-state index contributed by atoms with van der Waals surface area (Å²) >= 11 is 3.31. The van der Waals surface area contributed by atoms with Crippen LogP contribution >= 0.6 is 15.9 Å². The van der Waals surface area contributed by atoms with Gasteiger partial charge in [-0.25, -0.2) is 4.98 Å². The summed E-state index contributed by atoms with van der Waals surface area (Å²) in [6.07, 6.45) is 2.73. The molecule has 0 N–H and O–H groups in total. The number of rotatable bonds is 1. The van der Waals surface area contributed by atoms with Crippen LogP contribution < -0.4 is 0 Å². The Labute approximate surface area is 104 Å². The van der Waals surface area contributed by atoms with Crippen molar-refractivity contribution in [3.05, 3.63) is 28.5 Å². The summed E-state index contributed by atoms with van der Waals surface area (Å²) in [5.41, 5.74) is 0.770. The van der Waals surface area contributed by atoms with Gasteiger partial charge in [-0.15, -0.1) is 0 Å². The van der Waals surface area contributed by atoms with E-state index in [0.717, 1.165) is 24.0 Å². The Morgan fingerprint density at radius 2 is 2.25 bits per heavy atom. The molecule has 1 aromatic heterocycles. The van der Waals surface area contributed by atoms with Crippen molar-refractivity contribution in [2.75, 3.05) is 13.1 Å². The zero-order valence-electron chi connectivity index (χ0n) is 9.53. The molecule has 86 valence electrons. The molecule has 1 aliphatic rings. The van der Waals surface area contributed by atoms with Gasteiger partial charge in [0.05, 0.1) is 0 Å². The van der Waals surface area contributed by atoms with Crippen molar-refractivity contribution in [2.45, 2.75) is 20.3 Å². The smallest absolute Gasteiger partial charge is 0.272 e. The normalized spacial score (nSPS) is 18.8. The first kappa shape index (κ1) is 11.6. The van der Waals surface area contributed by atoms with Crippen LogP contribution in [0.4, 0.5) is 0 Å². The molecule has 1 aliphatic heterocycles. The van der Waals surface area contributed by atoms with Crippen molar-refractivity contribution in [1.29, 1.82) is 0 Å². The van der Waals surface area contributed by atoms with Crippen LogP contribution in [0.3, 0.4) is 0 Å². The summed E-state index contributed by atoms with van der Waals surface area (Å²) in [6.45, 7) is 6.04. The Balaban J connectivity index is 2.12. The first-order valence-electron chi connectivity index (χ1n) is 5.39. The average molecular weight is 283 g/mol. The predicted molar refractivity (Wildman–Crippen MR) is 66.2 cm³/mol. The van der Waals surface area contributed by atoms with Crippen LogP contribution in [-0.4, -0.2) is 28.9 Å². The highest BCUT2D eigenvalue weighted by molar-refractivity contribution is 9.10. The lowest BCUT2D eigenvalue weighted by atomic mass is 9.93. The number of pyridine rings is 1. The molecule has 2 rings (SSSR count). The molecular weight excluding hydrogens is 268 g/mol. The molecule has 4 heteroatoms. The van der Waals surface area contributed by atoms with Gasteiger partial charge >= 0.3 is 0 Å². The number of amides is 1. The zero-order valence-corrected chi connectivity index (χ0v) is 11.1. The van der Waals surface area contributed by atoms with Gasteiger partial charge in [-0.3, -0.25) is 4.79 Å². The van der Waals surface area contributed by atoms with Crippen molar-refractivity contribution >= 4 is 21.8 Å². The number of carbonyl (C=O) groups is 1. The second-order valence-corrected chi connectivity index (χ2v) is 5.92. The Morgan fingerprint density at radius 3 is 2.75 bits per heavy atom. The van der Waals surface area contributed by atoms with Gasteiger partial charge in [0, 0.05) is 23.8 Å². The van der Waals surface area contributed by atoms with Crippen molar-refractivity contribution in [1.82, 2.24) is 9.88 Å². The maximum Gasteiger partial charge on any atom is 0.272 e. The third-order valence-electron chi connectivity index (χ3n) is 2.91. The van der Waals surface area contributed by atoms with Crippen LogP contribution in [0.5, 0.6) is 0 Å². The fourth-order valence-electron chi connectivity index (χ4n) is 1.95. The number of aromatic nitrogens is 1. The fourth-order valence-corrected chi connectivity index (χ4v) is 2.18. The largest absolute Gasteiger partial charge is 0.337 e. The van der Waals surface area contributed by atoms with Gasteiger partial charge < -0.3 is 4.90 Å². The summed E-state index contributed by atoms with van der Waals surface area (Å²) in [6, 6.07) is 3.61. The van der Waals surface area contributed by atoms with Crippen LogP contribution in [0.2, 0.25) is 0 Å². The molecule has 0 aromatic carbocycles. The van der Waals surface area contributed by atoms with E-state index in [0.29, 0.717) is 5.69 Å². The van der Waals surface area contributed by atoms with Crippen molar-refractivity contribution in [2.24, 2.45) is 5.41 Å². The van der Waals surface area contributed by atoms with E-state index in [1.165, 1.54) is 0 Å². The summed E-state index contributed by atoms with van der Waals surface area (Å²) in [5.74, 6) is 0.0399. The van der Waals surface area contributed by atoms with E-state index in [-0.39, 0.29) is 11.3 Å². The highest BCUT2D eigenvalue weighted by Crippen LogP contribution is 2.29. The van der Waals surface area contributed by atoms with E-state index in [9.17, 15) is 4.79 Å². The van der Waals surface area contributed by atoms with Crippen molar-refractivity contribution in [3.63, 3.8) is 0 Å². The molecule has 3 nitrogen and oxygen atoms in total. The average Bonchev–Trinajstić information content (AvgIpc) is 2.59. The molecule has 0 spiro atoms. The molecule has 0 atom stereocenters. The molecule has 1 fully saturated rings. The lowest BCUT2D eigenvalue weighted by Crippen LogP contribution is -2.30. The van der Waals surface area contributed by atoms with Gasteiger partial charge in [-0.2, -0.15) is 0 Å². The fraction of sp³-hybridized carbons (Fsp3) is 0.500. The monoisotopic (exact) mass is 282 g/mol. The third kappa shape index (κ3) is 2.43. The van der Waals surface area contributed by atoms with E-state index < -0.39 is 0 Å². The van der Waals surface area contributed by atoms with Crippen LogP contribution in [0.25, 0.3) is 0 Å². The maximum absolute atomic E-state index is 12.1. The first-order chi connectivity index (χ1) is 7.48. The number of halogens is 1. The number of nitrogens with zero attached hydrogens (tertiary/aromatic N) is 2. The van der Waals surface area contributed by atoms with Crippen LogP contribution in [-0.2, 0) is 0 Å². The third-order valence-corrected chi connectivity index (χ3v) is 3.38. The number of carbonyl (C=O) groups excluding carboxylic acids is 1. The highest BCUT2D eigenvalue weighted by Gasteiger charge is 2.32. The quantitative estimate of drug-likeness (QED) is 0.794. The van der Waals surface area contributed by atoms with Gasteiger partial charge in [0.25, 0.3) is 5.91 Å². The lowest BCUT2D eigenvalue weighted by Gasteiger charge is -2.19. The van der Waals surface area contributed by atoms with E-state index in [1.54, 1.807) is 12.3 Å². The molecule has 1 saturated heterocycles. The predicted octanol–water partition coefficient (Wildman–Crippen LogP) is 2.72. The van der Waals surface area contributed by atoms with E-state index in [2.05, 4.69) is 34.8 Å². The molecule has 0 radical (unpaired) electrons. The van der Waals surface area contributed by atoms with Gasteiger partial charge in [0.2, 0.25) is 0 Å². The second-order valence-electron chi connectivity index (χ2n) is 5.00. The second kappa shape index (κ2) is 4.17. The Bertz CT molecular complexity index is 400. The Morgan fingerprint density at radius 1 is 1.50 bits per heavy atom. The SMILES string of the molecule is CC1(C)CCN(C(=O)c2ccc(Br)cn2)C1. The van der Waals surface area contributed by atoms with E-state index >= 15 is 0 Å². The summed E-state index contributed by atoms with van der Waals surface area (Å²) in [5, 5.41) is 0.